The van der Waals surface area contributed by atoms with Gasteiger partial charge in [0.05, 0.1) is 10.8 Å². The highest BCUT2D eigenvalue weighted by molar-refractivity contribution is 7.86. The summed E-state index contributed by atoms with van der Waals surface area (Å²) in [4.78, 5) is -4.01. The van der Waals surface area contributed by atoms with Crippen molar-refractivity contribution in [3.63, 3.8) is 0 Å². The van der Waals surface area contributed by atoms with Crippen molar-refractivity contribution < 1.29 is 34.7 Å². The quantitative estimate of drug-likeness (QED) is 0.465. The lowest BCUT2D eigenvalue weighted by Gasteiger charge is -2.14. The third-order valence-corrected chi connectivity index (χ3v) is 5.24. The second-order valence-electron chi connectivity index (χ2n) is 4.41. The molecule has 0 bridgehead atoms. The van der Waals surface area contributed by atoms with Crippen LogP contribution in [0.25, 0.3) is 6.08 Å². The van der Waals surface area contributed by atoms with E-state index < -0.39 is 54.0 Å². The van der Waals surface area contributed by atoms with Gasteiger partial charge in [0.1, 0.15) is 19.9 Å². The molecule has 0 aliphatic carbocycles. The number of rotatable bonds is 4. The Kier molecular flexibility index (Phi) is 4.92. The topological polar surface area (TPSA) is 74.3 Å². The Hall–Kier alpha value is -2.04. The summed E-state index contributed by atoms with van der Waals surface area (Å²) in [5, 5.41) is 0. The zero-order valence-corrected chi connectivity index (χ0v) is 13.2. The van der Waals surface area contributed by atoms with E-state index in [1.54, 1.807) is 0 Å². The Balaban J connectivity index is 2.71. The van der Waals surface area contributed by atoms with Crippen molar-refractivity contribution >= 4 is 27.0 Å². The second-order valence-corrected chi connectivity index (χ2v) is 7.14. The van der Waals surface area contributed by atoms with E-state index in [4.69, 9.17) is 0 Å². The maximum Gasteiger partial charge on any atom is 0.180 e. The molecule has 4 nitrogen and oxygen atoms in total. The third-order valence-electron chi connectivity index (χ3n) is 2.95. The van der Waals surface area contributed by atoms with Gasteiger partial charge in [-0.25, -0.2) is 30.2 Å². The minimum atomic E-state index is -5.82. The van der Waals surface area contributed by atoms with E-state index in [-0.39, 0.29) is 4.90 Å². The van der Waals surface area contributed by atoms with Crippen LogP contribution >= 0.6 is 0 Å². The first-order chi connectivity index (χ1) is 11.1. The van der Waals surface area contributed by atoms with E-state index in [2.05, 4.69) is 6.58 Å². The first-order valence-electron chi connectivity index (χ1n) is 6.05. The summed E-state index contributed by atoms with van der Waals surface area (Å²) in [6.45, 7) is 3.47. The molecular formula is C14H7F4O4S2-. The summed E-state index contributed by atoms with van der Waals surface area (Å²) in [6.07, 6.45) is 1.43. The van der Waals surface area contributed by atoms with Gasteiger partial charge in [-0.2, -0.15) is 0 Å². The molecule has 2 aromatic rings. The van der Waals surface area contributed by atoms with Crippen LogP contribution in [0.2, 0.25) is 0 Å². The third kappa shape index (κ3) is 3.12. The Morgan fingerprint density at radius 1 is 0.958 bits per heavy atom. The summed E-state index contributed by atoms with van der Waals surface area (Å²) < 4.78 is 99.6. The smallest absolute Gasteiger partial charge is 0.180 e. The van der Waals surface area contributed by atoms with Crippen LogP contribution in [0.1, 0.15) is 5.56 Å². The van der Waals surface area contributed by atoms with Gasteiger partial charge in [-0.05, 0) is 17.7 Å². The first-order valence-corrected chi connectivity index (χ1v) is 8.61. The molecule has 10 heteroatoms. The van der Waals surface area contributed by atoms with Gasteiger partial charge in [0.15, 0.2) is 23.3 Å². The Labute approximate surface area is 136 Å². The van der Waals surface area contributed by atoms with Crippen molar-refractivity contribution in [2.75, 3.05) is 0 Å². The maximum absolute atomic E-state index is 13.9. The number of hydrogen-bond acceptors (Lipinski definition) is 4. The lowest BCUT2D eigenvalue weighted by Crippen LogP contribution is -2.14. The summed E-state index contributed by atoms with van der Waals surface area (Å²) >= 11 is 0. The predicted molar refractivity (Wildman–Crippen MR) is 75.4 cm³/mol. The SMILES string of the molecule is C=Cc1ccc(S(=O)c2c(F)c(F)c(S(=O)(=O)[O-])c(F)c2F)cc1. The largest absolute Gasteiger partial charge is 0.744 e. The van der Waals surface area contributed by atoms with E-state index in [9.17, 15) is 34.7 Å². The summed E-state index contributed by atoms with van der Waals surface area (Å²) in [6, 6.07) is 5.14. The highest BCUT2D eigenvalue weighted by Gasteiger charge is 2.31. The Morgan fingerprint density at radius 3 is 1.79 bits per heavy atom. The first kappa shape index (κ1) is 18.3. The van der Waals surface area contributed by atoms with Gasteiger partial charge in [0.2, 0.25) is 0 Å². The molecule has 0 spiro atoms. The maximum atomic E-state index is 13.9. The van der Waals surface area contributed by atoms with E-state index >= 15 is 0 Å². The zero-order chi connectivity index (χ0) is 18.2. The number of halogens is 4. The van der Waals surface area contributed by atoms with Crippen molar-refractivity contribution in [2.45, 2.75) is 14.7 Å². The fourth-order valence-corrected chi connectivity index (χ4v) is 3.56. The molecule has 24 heavy (non-hydrogen) atoms. The van der Waals surface area contributed by atoms with Gasteiger partial charge in [0, 0.05) is 4.90 Å². The highest BCUT2D eigenvalue weighted by atomic mass is 32.2. The molecule has 0 aromatic heterocycles. The fraction of sp³-hybridized carbons (Fsp3) is 0. The summed E-state index contributed by atoms with van der Waals surface area (Å²) in [5.41, 5.74) is 0.585. The van der Waals surface area contributed by atoms with Crippen LogP contribution in [0, 0.1) is 23.3 Å². The fourth-order valence-electron chi connectivity index (χ4n) is 1.82. The second kappa shape index (κ2) is 6.46. The van der Waals surface area contributed by atoms with Gasteiger partial charge in [-0.3, -0.25) is 0 Å². The molecule has 0 N–H and O–H groups in total. The van der Waals surface area contributed by atoms with E-state index in [0.717, 1.165) is 0 Å². The molecule has 0 aliphatic heterocycles. The molecule has 0 radical (unpaired) electrons. The van der Waals surface area contributed by atoms with E-state index in [1.807, 2.05) is 0 Å². The average Bonchev–Trinajstić information content (AvgIpc) is 2.52. The zero-order valence-electron chi connectivity index (χ0n) is 11.6. The lowest BCUT2D eigenvalue weighted by atomic mass is 10.2. The van der Waals surface area contributed by atoms with E-state index in [1.165, 1.54) is 30.3 Å². The van der Waals surface area contributed by atoms with Crippen molar-refractivity contribution in [1.29, 1.82) is 0 Å². The van der Waals surface area contributed by atoms with Crippen molar-refractivity contribution in [2.24, 2.45) is 0 Å². The van der Waals surface area contributed by atoms with Crippen LogP contribution in [0.4, 0.5) is 17.6 Å². The molecule has 128 valence electrons. The van der Waals surface area contributed by atoms with Crippen molar-refractivity contribution in [1.82, 2.24) is 0 Å². The predicted octanol–water partition coefficient (Wildman–Crippen LogP) is 2.96. The molecule has 0 saturated heterocycles. The van der Waals surface area contributed by atoms with Crippen LogP contribution in [0.15, 0.2) is 45.5 Å². The Morgan fingerprint density at radius 2 is 1.42 bits per heavy atom. The van der Waals surface area contributed by atoms with Gasteiger partial charge in [-0.15, -0.1) is 0 Å². The summed E-state index contributed by atoms with van der Waals surface area (Å²) in [7, 11) is -8.51. The molecule has 0 fully saturated rings. The molecule has 1 unspecified atom stereocenters. The molecular weight excluding hydrogens is 372 g/mol. The van der Waals surface area contributed by atoms with Crippen molar-refractivity contribution in [3.05, 3.63) is 59.7 Å². The molecule has 0 amide bonds. The van der Waals surface area contributed by atoms with Crippen LogP contribution in [-0.2, 0) is 20.9 Å². The molecule has 0 heterocycles. The van der Waals surface area contributed by atoms with Crippen LogP contribution in [-0.4, -0.2) is 17.2 Å². The Bertz CT molecular complexity index is 925. The average molecular weight is 379 g/mol. The van der Waals surface area contributed by atoms with Crippen LogP contribution < -0.4 is 0 Å². The number of hydrogen-bond donors (Lipinski definition) is 0. The minimum Gasteiger partial charge on any atom is -0.744 e. The summed E-state index contributed by atoms with van der Waals surface area (Å²) in [5.74, 6) is -9.27. The minimum absolute atomic E-state index is 0.199. The lowest BCUT2D eigenvalue weighted by molar-refractivity contribution is 0.379. The highest BCUT2D eigenvalue weighted by Crippen LogP contribution is 2.31. The molecule has 1 atom stereocenters. The molecule has 2 aromatic carbocycles. The van der Waals surface area contributed by atoms with Gasteiger partial charge in [-0.1, -0.05) is 24.8 Å². The van der Waals surface area contributed by atoms with Crippen LogP contribution in [0.5, 0.6) is 0 Å². The molecule has 0 saturated carbocycles. The molecule has 0 aliphatic rings. The van der Waals surface area contributed by atoms with Gasteiger partial charge < -0.3 is 4.55 Å². The molecule has 2 rings (SSSR count). The van der Waals surface area contributed by atoms with Gasteiger partial charge >= 0.3 is 0 Å². The van der Waals surface area contributed by atoms with Gasteiger partial charge in [0.25, 0.3) is 0 Å². The van der Waals surface area contributed by atoms with Crippen molar-refractivity contribution in [3.8, 4) is 0 Å². The standard InChI is InChI=1S/C14H8F4O4S2/c1-2-7-3-5-8(6-4-7)23(19)13-9(15)11(17)14(24(20,21)22)12(18)10(13)16/h2-6H,1H2,(H,20,21,22)/p-1. The normalized spacial score (nSPS) is 12.9. The van der Waals surface area contributed by atoms with E-state index in [0.29, 0.717) is 5.56 Å². The number of benzene rings is 2. The van der Waals surface area contributed by atoms with Crippen LogP contribution in [0.3, 0.4) is 0 Å². The monoisotopic (exact) mass is 379 g/mol.